The second kappa shape index (κ2) is 6.47. The van der Waals surface area contributed by atoms with Crippen LogP contribution in [0.1, 0.15) is 23.3 Å². The summed E-state index contributed by atoms with van der Waals surface area (Å²) in [5, 5.41) is 2.86. The van der Waals surface area contributed by atoms with Crippen LogP contribution in [0.3, 0.4) is 0 Å². The number of nitrogens with zero attached hydrogens (tertiary/aromatic N) is 4. The molecule has 1 aromatic rings. The van der Waals surface area contributed by atoms with Gasteiger partial charge in [0.05, 0.1) is 0 Å². The van der Waals surface area contributed by atoms with Gasteiger partial charge in [-0.25, -0.2) is 9.97 Å². The van der Waals surface area contributed by atoms with Crippen molar-refractivity contribution in [2.24, 2.45) is 0 Å². The molecule has 1 aliphatic rings. The fourth-order valence-electron chi connectivity index (χ4n) is 2.07. The molecular formula is C13H21N5O. The maximum Gasteiger partial charge on any atom is 0.270 e. The van der Waals surface area contributed by atoms with Gasteiger partial charge in [-0.1, -0.05) is 0 Å². The average molecular weight is 263 g/mol. The first kappa shape index (κ1) is 13.7. The number of hydrogen-bond donors (Lipinski definition) is 1. The Balaban J connectivity index is 1.95. The van der Waals surface area contributed by atoms with Crippen molar-refractivity contribution in [1.82, 2.24) is 20.2 Å². The zero-order valence-corrected chi connectivity index (χ0v) is 11.6. The fraction of sp³-hybridized carbons (Fsp3) is 0.615. The highest BCUT2D eigenvalue weighted by molar-refractivity contribution is 5.92. The summed E-state index contributed by atoms with van der Waals surface area (Å²) < 4.78 is 0. The van der Waals surface area contributed by atoms with Crippen molar-refractivity contribution in [3.05, 3.63) is 18.1 Å². The van der Waals surface area contributed by atoms with E-state index in [0.29, 0.717) is 12.2 Å². The van der Waals surface area contributed by atoms with Gasteiger partial charge in [0.15, 0.2) is 0 Å². The van der Waals surface area contributed by atoms with Crippen molar-refractivity contribution >= 4 is 11.7 Å². The van der Waals surface area contributed by atoms with Crippen molar-refractivity contribution in [1.29, 1.82) is 0 Å². The van der Waals surface area contributed by atoms with E-state index in [4.69, 9.17) is 0 Å². The largest absolute Gasteiger partial charge is 0.357 e. The third-order valence-electron chi connectivity index (χ3n) is 3.16. The molecule has 0 aliphatic carbocycles. The number of amides is 1. The van der Waals surface area contributed by atoms with E-state index in [9.17, 15) is 4.79 Å². The van der Waals surface area contributed by atoms with Crippen LogP contribution in [0.25, 0.3) is 0 Å². The molecule has 6 heteroatoms. The number of rotatable bonds is 5. The van der Waals surface area contributed by atoms with E-state index in [1.807, 2.05) is 19.0 Å². The summed E-state index contributed by atoms with van der Waals surface area (Å²) in [6.07, 6.45) is 3.84. The number of carbonyl (C=O) groups excluding carboxylic acids is 1. The van der Waals surface area contributed by atoms with Crippen LogP contribution in [0.5, 0.6) is 0 Å². The molecule has 1 amide bonds. The Morgan fingerprint density at radius 3 is 2.79 bits per heavy atom. The third kappa shape index (κ3) is 3.89. The van der Waals surface area contributed by atoms with E-state index < -0.39 is 0 Å². The second-order valence-corrected chi connectivity index (χ2v) is 5.01. The first-order valence-electron chi connectivity index (χ1n) is 6.67. The second-order valence-electron chi connectivity index (χ2n) is 5.01. The molecular weight excluding hydrogens is 242 g/mol. The summed E-state index contributed by atoms with van der Waals surface area (Å²) in [4.78, 5) is 24.5. The number of hydrogen-bond acceptors (Lipinski definition) is 5. The Hall–Kier alpha value is -1.69. The highest BCUT2D eigenvalue weighted by Crippen LogP contribution is 2.17. The van der Waals surface area contributed by atoms with Gasteiger partial charge in [0, 0.05) is 32.2 Å². The van der Waals surface area contributed by atoms with Gasteiger partial charge >= 0.3 is 0 Å². The summed E-state index contributed by atoms with van der Waals surface area (Å²) in [5.41, 5.74) is 0.440. The SMILES string of the molecule is CN(C)CCNC(=O)c1cc(N2CCCC2)ncn1. The van der Waals surface area contributed by atoms with Crippen LogP contribution in [0.4, 0.5) is 5.82 Å². The molecule has 0 bridgehead atoms. The molecule has 1 aliphatic heterocycles. The molecule has 1 saturated heterocycles. The van der Waals surface area contributed by atoms with Gasteiger partial charge in [0.2, 0.25) is 0 Å². The van der Waals surface area contributed by atoms with Gasteiger partial charge in [-0.3, -0.25) is 4.79 Å². The highest BCUT2D eigenvalue weighted by atomic mass is 16.1. The predicted molar refractivity (Wildman–Crippen MR) is 74.4 cm³/mol. The maximum absolute atomic E-state index is 12.0. The molecule has 1 N–H and O–H groups in total. The Morgan fingerprint density at radius 2 is 2.11 bits per heavy atom. The van der Waals surface area contributed by atoms with Crippen LogP contribution in [-0.4, -0.2) is 61.0 Å². The minimum absolute atomic E-state index is 0.135. The first-order chi connectivity index (χ1) is 9.16. The summed E-state index contributed by atoms with van der Waals surface area (Å²) >= 11 is 0. The summed E-state index contributed by atoms with van der Waals surface area (Å²) in [5.74, 6) is 0.718. The van der Waals surface area contributed by atoms with Crippen molar-refractivity contribution in [2.45, 2.75) is 12.8 Å². The molecule has 6 nitrogen and oxygen atoms in total. The quantitative estimate of drug-likeness (QED) is 0.831. The fourth-order valence-corrected chi connectivity index (χ4v) is 2.07. The van der Waals surface area contributed by atoms with Crippen LogP contribution in [-0.2, 0) is 0 Å². The van der Waals surface area contributed by atoms with E-state index in [0.717, 1.165) is 25.5 Å². The highest BCUT2D eigenvalue weighted by Gasteiger charge is 2.15. The van der Waals surface area contributed by atoms with Gasteiger partial charge in [0.25, 0.3) is 5.91 Å². The molecule has 0 radical (unpaired) electrons. The molecule has 1 fully saturated rings. The Morgan fingerprint density at radius 1 is 1.37 bits per heavy atom. The lowest BCUT2D eigenvalue weighted by Gasteiger charge is -2.16. The van der Waals surface area contributed by atoms with Gasteiger partial charge < -0.3 is 15.1 Å². The minimum atomic E-state index is -0.135. The molecule has 0 saturated carbocycles. The Labute approximate surface area is 113 Å². The molecule has 2 rings (SSSR count). The smallest absolute Gasteiger partial charge is 0.270 e. The van der Waals surface area contributed by atoms with E-state index >= 15 is 0 Å². The zero-order valence-electron chi connectivity index (χ0n) is 11.6. The van der Waals surface area contributed by atoms with Crippen LogP contribution in [0.2, 0.25) is 0 Å². The molecule has 1 aromatic heterocycles. The lowest BCUT2D eigenvalue weighted by Crippen LogP contribution is -2.32. The van der Waals surface area contributed by atoms with Crippen LogP contribution in [0, 0.1) is 0 Å². The van der Waals surface area contributed by atoms with E-state index in [-0.39, 0.29) is 5.91 Å². The van der Waals surface area contributed by atoms with Crippen molar-refractivity contribution < 1.29 is 4.79 Å². The van der Waals surface area contributed by atoms with Crippen molar-refractivity contribution in [2.75, 3.05) is 45.2 Å². The minimum Gasteiger partial charge on any atom is -0.357 e. The van der Waals surface area contributed by atoms with E-state index in [1.165, 1.54) is 19.2 Å². The van der Waals surface area contributed by atoms with Crippen molar-refractivity contribution in [3.63, 3.8) is 0 Å². The zero-order chi connectivity index (χ0) is 13.7. The normalized spacial score (nSPS) is 15.0. The van der Waals surface area contributed by atoms with Gasteiger partial charge in [-0.15, -0.1) is 0 Å². The van der Waals surface area contributed by atoms with Gasteiger partial charge in [-0.2, -0.15) is 0 Å². The van der Waals surface area contributed by atoms with Crippen LogP contribution >= 0.6 is 0 Å². The topological polar surface area (TPSA) is 61.4 Å². The van der Waals surface area contributed by atoms with Crippen LogP contribution < -0.4 is 10.2 Å². The number of carbonyl (C=O) groups is 1. The molecule has 2 heterocycles. The number of nitrogens with one attached hydrogen (secondary N) is 1. The Kier molecular flexibility index (Phi) is 4.68. The number of anilines is 1. The van der Waals surface area contributed by atoms with Crippen molar-refractivity contribution in [3.8, 4) is 0 Å². The molecule has 104 valence electrons. The summed E-state index contributed by atoms with van der Waals surface area (Å²) in [6, 6.07) is 1.77. The lowest BCUT2D eigenvalue weighted by atomic mass is 10.3. The van der Waals surface area contributed by atoms with Crippen LogP contribution in [0.15, 0.2) is 12.4 Å². The average Bonchev–Trinajstić information content (AvgIpc) is 2.92. The summed E-state index contributed by atoms with van der Waals surface area (Å²) in [6.45, 7) is 3.46. The predicted octanol–water partition coefficient (Wildman–Crippen LogP) is 0.368. The summed E-state index contributed by atoms with van der Waals surface area (Å²) in [7, 11) is 3.95. The molecule has 0 unspecified atom stereocenters. The Bertz CT molecular complexity index is 429. The molecule has 0 spiro atoms. The molecule has 19 heavy (non-hydrogen) atoms. The van der Waals surface area contributed by atoms with Gasteiger partial charge in [-0.05, 0) is 26.9 Å². The van der Waals surface area contributed by atoms with E-state index in [2.05, 4.69) is 20.2 Å². The standard InChI is InChI=1S/C13H21N5O/c1-17(2)8-5-14-13(19)11-9-12(16-10-15-11)18-6-3-4-7-18/h9-10H,3-8H2,1-2H3,(H,14,19). The lowest BCUT2D eigenvalue weighted by molar-refractivity contribution is 0.0946. The first-order valence-corrected chi connectivity index (χ1v) is 6.67. The van der Waals surface area contributed by atoms with E-state index in [1.54, 1.807) is 6.07 Å². The van der Waals surface area contributed by atoms with Gasteiger partial charge in [0.1, 0.15) is 17.8 Å². The maximum atomic E-state index is 12.0. The third-order valence-corrected chi connectivity index (χ3v) is 3.16. The molecule has 0 atom stereocenters. The monoisotopic (exact) mass is 263 g/mol. The molecule has 0 aromatic carbocycles. The number of aromatic nitrogens is 2. The number of likely N-dealkylation sites (N-methyl/N-ethyl adjacent to an activating group) is 1.